The van der Waals surface area contributed by atoms with Crippen LogP contribution in [-0.2, 0) is 0 Å². The van der Waals surface area contributed by atoms with Crippen LogP contribution in [0.5, 0.6) is 11.5 Å². The highest BCUT2D eigenvalue weighted by Gasteiger charge is 2.22. The van der Waals surface area contributed by atoms with Gasteiger partial charge in [-0.3, -0.25) is 4.79 Å². The molecule has 0 aliphatic rings. The van der Waals surface area contributed by atoms with Gasteiger partial charge < -0.3 is 18.8 Å². The van der Waals surface area contributed by atoms with Crippen molar-refractivity contribution in [2.75, 3.05) is 26.2 Å². The van der Waals surface area contributed by atoms with Crippen molar-refractivity contribution < 1.29 is 18.7 Å². The number of ether oxygens (including phenoxy) is 2. The van der Waals surface area contributed by atoms with Gasteiger partial charge in [0.2, 0.25) is 0 Å². The van der Waals surface area contributed by atoms with E-state index >= 15 is 0 Å². The molecule has 2 heterocycles. The second-order valence-electron chi connectivity index (χ2n) is 5.30. The standard InChI is InChI=1S/C18H18N2O4S/c1-11-16(19-17(25-11)14-6-5-9-24-14)18(21)20(2)12-7-8-13(22-3)15(10-12)23-4/h5-10H,1-4H3. The first-order valence-electron chi connectivity index (χ1n) is 7.56. The van der Waals surface area contributed by atoms with Gasteiger partial charge in [0.25, 0.3) is 5.91 Å². The SMILES string of the molecule is COc1ccc(N(C)C(=O)c2nc(-c3ccco3)sc2C)cc1OC. The third-order valence-electron chi connectivity index (χ3n) is 3.79. The predicted molar refractivity (Wildman–Crippen MR) is 96.8 cm³/mol. The molecule has 0 spiro atoms. The number of anilines is 1. The molecule has 7 heteroatoms. The van der Waals surface area contributed by atoms with Crippen LogP contribution in [0.4, 0.5) is 5.69 Å². The summed E-state index contributed by atoms with van der Waals surface area (Å²) in [5.74, 6) is 1.63. The maximum atomic E-state index is 12.9. The Morgan fingerprint density at radius 2 is 1.96 bits per heavy atom. The first kappa shape index (κ1) is 17.0. The molecule has 0 saturated carbocycles. The summed E-state index contributed by atoms with van der Waals surface area (Å²) >= 11 is 1.43. The van der Waals surface area contributed by atoms with Crippen molar-refractivity contribution in [1.82, 2.24) is 4.98 Å². The lowest BCUT2D eigenvalue weighted by molar-refractivity contribution is 0.0988. The molecule has 3 aromatic rings. The van der Waals surface area contributed by atoms with Crippen molar-refractivity contribution in [3.8, 4) is 22.3 Å². The number of aryl methyl sites for hydroxylation is 1. The number of hydrogen-bond acceptors (Lipinski definition) is 6. The predicted octanol–water partition coefficient (Wildman–Crippen LogP) is 4.01. The van der Waals surface area contributed by atoms with Crippen molar-refractivity contribution in [3.05, 3.63) is 47.2 Å². The number of rotatable bonds is 5. The Hall–Kier alpha value is -2.80. The Morgan fingerprint density at radius 1 is 1.20 bits per heavy atom. The fourth-order valence-electron chi connectivity index (χ4n) is 2.41. The summed E-state index contributed by atoms with van der Waals surface area (Å²) in [6.45, 7) is 1.87. The average Bonchev–Trinajstić information content (AvgIpc) is 3.29. The van der Waals surface area contributed by atoms with Crippen molar-refractivity contribution in [2.24, 2.45) is 0 Å². The van der Waals surface area contributed by atoms with Gasteiger partial charge in [0.1, 0.15) is 5.69 Å². The van der Waals surface area contributed by atoms with Gasteiger partial charge in [0.05, 0.1) is 20.5 Å². The summed E-state index contributed by atoms with van der Waals surface area (Å²) in [5, 5.41) is 0.687. The number of aromatic nitrogens is 1. The molecule has 25 heavy (non-hydrogen) atoms. The Kier molecular flexibility index (Phi) is 4.76. The monoisotopic (exact) mass is 358 g/mol. The highest BCUT2D eigenvalue weighted by atomic mass is 32.1. The van der Waals surface area contributed by atoms with E-state index in [0.717, 1.165) is 4.88 Å². The van der Waals surface area contributed by atoms with E-state index in [0.29, 0.717) is 33.6 Å². The second-order valence-corrected chi connectivity index (χ2v) is 6.51. The maximum Gasteiger partial charge on any atom is 0.277 e. The number of amides is 1. The zero-order valence-electron chi connectivity index (χ0n) is 14.4. The van der Waals surface area contributed by atoms with Crippen LogP contribution in [0.25, 0.3) is 10.8 Å². The van der Waals surface area contributed by atoms with Gasteiger partial charge in [-0.2, -0.15) is 0 Å². The topological polar surface area (TPSA) is 64.8 Å². The molecule has 0 bridgehead atoms. The van der Waals surface area contributed by atoms with Crippen molar-refractivity contribution >= 4 is 22.9 Å². The highest BCUT2D eigenvalue weighted by molar-refractivity contribution is 7.15. The minimum absolute atomic E-state index is 0.196. The first-order chi connectivity index (χ1) is 12.0. The molecule has 0 atom stereocenters. The smallest absolute Gasteiger partial charge is 0.277 e. The minimum Gasteiger partial charge on any atom is -0.493 e. The summed E-state index contributed by atoms with van der Waals surface area (Å²) in [4.78, 5) is 19.7. The molecule has 0 unspecified atom stereocenters. The Balaban J connectivity index is 1.90. The fourth-order valence-corrected chi connectivity index (χ4v) is 3.28. The minimum atomic E-state index is -0.196. The zero-order chi connectivity index (χ0) is 18.0. The number of thiazole rings is 1. The molecule has 0 aliphatic heterocycles. The molecule has 6 nitrogen and oxygen atoms in total. The number of hydrogen-bond donors (Lipinski definition) is 0. The quantitative estimate of drug-likeness (QED) is 0.690. The third kappa shape index (κ3) is 3.23. The van der Waals surface area contributed by atoms with Crippen LogP contribution in [0.15, 0.2) is 41.0 Å². The number of furan rings is 1. The van der Waals surface area contributed by atoms with Crippen LogP contribution >= 0.6 is 11.3 Å². The molecule has 1 amide bonds. The van der Waals surface area contributed by atoms with Crippen molar-refractivity contribution in [3.63, 3.8) is 0 Å². The maximum absolute atomic E-state index is 12.9. The van der Waals surface area contributed by atoms with Crippen LogP contribution in [0.2, 0.25) is 0 Å². The summed E-state index contributed by atoms with van der Waals surface area (Å²) in [7, 11) is 4.83. The lowest BCUT2D eigenvalue weighted by Crippen LogP contribution is -2.27. The Morgan fingerprint density at radius 3 is 2.60 bits per heavy atom. The lowest BCUT2D eigenvalue weighted by atomic mass is 10.2. The molecule has 130 valence electrons. The zero-order valence-corrected chi connectivity index (χ0v) is 15.2. The van der Waals surface area contributed by atoms with Gasteiger partial charge in [-0.05, 0) is 31.2 Å². The fraction of sp³-hybridized carbons (Fsp3) is 0.222. The molecule has 0 aliphatic carbocycles. The highest BCUT2D eigenvalue weighted by Crippen LogP contribution is 2.33. The van der Waals surface area contributed by atoms with Gasteiger partial charge >= 0.3 is 0 Å². The molecule has 0 fully saturated rings. The van der Waals surface area contributed by atoms with E-state index in [4.69, 9.17) is 13.9 Å². The van der Waals surface area contributed by atoms with Gasteiger partial charge in [0, 0.05) is 23.7 Å². The van der Waals surface area contributed by atoms with E-state index in [1.54, 1.807) is 51.8 Å². The van der Waals surface area contributed by atoms with Crippen molar-refractivity contribution in [2.45, 2.75) is 6.92 Å². The summed E-state index contributed by atoms with van der Waals surface area (Å²) in [6, 6.07) is 8.94. The average molecular weight is 358 g/mol. The van der Waals surface area contributed by atoms with Crippen LogP contribution in [0.1, 0.15) is 15.4 Å². The van der Waals surface area contributed by atoms with Crippen LogP contribution in [0.3, 0.4) is 0 Å². The molecule has 1 aromatic carbocycles. The number of methoxy groups -OCH3 is 2. The molecular weight excluding hydrogens is 340 g/mol. The molecule has 0 radical (unpaired) electrons. The number of carbonyl (C=O) groups is 1. The Bertz CT molecular complexity index is 887. The molecule has 2 aromatic heterocycles. The van der Waals surface area contributed by atoms with Crippen molar-refractivity contribution in [1.29, 1.82) is 0 Å². The third-order valence-corrected chi connectivity index (χ3v) is 4.78. The van der Waals surface area contributed by atoms with E-state index in [2.05, 4.69) is 4.98 Å². The van der Waals surface area contributed by atoms with E-state index in [9.17, 15) is 4.79 Å². The van der Waals surface area contributed by atoms with E-state index < -0.39 is 0 Å². The Labute approximate surface area is 149 Å². The van der Waals surface area contributed by atoms with Crippen LogP contribution in [-0.4, -0.2) is 32.2 Å². The molecular formula is C18H18N2O4S. The van der Waals surface area contributed by atoms with Gasteiger partial charge in [-0.15, -0.1) is 11.3 Å². The van der Waals surface area contributed by atoms with Gasteiger partial charge in [-0.1, -0.05) is 0 Å². The number of benzene rings is 1. The molecule has 0 N–H and O–H groups in total. The summed E-state index contributed by atoms with van der Waals surface area (Å²) < 4.78 is 15.9. The number of carbonyl (C=O) groups excluding carboxylic acids is 1. The van der Waals surface area contributed by atoms with E-state index in [-0.39, 0.29) is 5.91 Å². The normalized spacial score (nSPS) is 10.6. The summed E-state index contributed by atoms with van der Waals surface area (Å²) in [6.07, 6.45) is 1.59. The van der Waals surface area contributed by atoms with E-state index in [1.807, 2.05) is 13.0 Å². The first-order valence-corrected chi connectivity index (χ1v) is 8.38. The molecule has 3 rings (SSSR count). The van der Waals surface area contributed by atoms with Crippen LogP contribution in [0, 0.1) is 6.92 Å². The van der Waals surface area contributed by atoms with Gasteiger partial charge in [0.15, 0.2) is 22.3 Å². The second kappa shape index (κ2) is 6.98. The van der Waals surface area contributed by atoms with Crippen LogP contribution < -0.4 is 14.4 Å². The molecule has 0 saturated heterocycles. The van der Waals surface area contributed by atoms with Gasteiger partial charge in [-0.25, -0.2) is 4.98 Å². The number of nitrogens with zero attached hydrogens (tertiary/aromatic N) is 2. The van der Waals surface area contributed by atoms with E-state index in [1.165, 1.54) is 16.2 Å². The summed E-state index contributed by atoms with van der Waals surface area (Å²) in [5.41, 5.74) is 1.10. The largest absolute Gasteiger partial charge is 0.493 e. The lowest BCUT2D eigenvalue weighted by Gasteiger charge is -2.18.